The summed E-state index contributed by atoms with van der Waals surface area (Å²) in [6, 6.07) is 16.1. The van der Waals surface area contributed by atoms with Crippen molar-refractivity contribution < 1.29 is 9.47 Å². The van der Waals surface area contributed by atoms with Gasteiger partial charge in [-0.2, -0.15) is 0 Å². The molecule has 26 heavy (non-hydrogen) atoms. The number of para-hydroxylation sites is 1. The molecule has 140 valence electrons. The van der Waals surface area contributed by atoms with Crippen LogP contribution in [0.5, 0.6) is 11.5 Å². The summed E-state index contributed by atoms with van der Waals surface area (Å²) < 4.78 is 10.9. The average Bonchev–Trinajstić information content (AvgIpc) is 2.68. The number of rotatable bonds is 9. The first-order chi connectivity index (χ1) is 12.8. The quantitative estimate of drug-likeness (QED) is 0.535. The summed E-state index contributed by atoms with van der Waals surface area (Å²) in [5.41, 5.74) is 2.34. The second kappa shape index (κ2) is 11.0. The van der Waals surface area contributed by atoms with E-state index in [1.54, 1.807) is 7.11 Å². The highest BCUT2D eigenvalue weighted by Crippen LogP contribution is 2.18. The molecule has 0 spiro atoms. The van der Waals surface area contributed by atoms with Gasteiger partial charge < -0.3 is 20.1 Å². The van der Waals surface area contributed by atoms with Crippen LogP contribution in [0.15, 0.2) is 53.5 Å². The number of methoxy groups -OCH3 is 1. The van der Waals surface area contributed by atoms with E-state index >= 15 is 0 Å². The maximum atomic E-state index is 5.68. The predicted molar refractivity (Wildman–Crippen MR) is 107 cm³/mol. The molecule has 0 unspecified atom stereocenters. The largest absolute Gasteiger partial charge is 0.497 e. The van der Waals surface area contributed by atoms with E-state index in [0.717, 1.165) is 42.5 Å². The second-order valence-electron chi connectivity index (χ2n) is 5.76. The van der Waals surface area contributed by atoms with E-state index < -0.39 is 0 Å². The number of nitrogens with zero attached hydrogens (tertiary/aromatic N) is 1. The fourth-order valence-corrected chi connectivity index (χ4v) is 2.57. The van der Waals surface area contributed by atoms with Crippen LogP contribution in [0.25, 0.3) is 0 Å². The Labute approximate surface area is 156 Å². The zero-order valence-corrected chi connectivity index (χ0v) is 15.9. The van der Waals surface area contributed by atoms with Gasteiger partial charge >= 0.3 is 0 Å². The summed E-state index contributed by atoms with van der Waals surface area (Å²) in [5, 5.41) is 6.67. The van der Waals surface area contributed by atoms with Gasteiger partial charge in [0, 0.05) is 13.1 Å². The van der Waals surface area contributed by atoms with Gasteiger partial charge in [-0.1, -0.05) is 30.3 Å². The van der Waals surface area contributed by atoms with Crippen molar-refractivity contribution in [1.29, 1.82) is 0 Å². The number of ether oxygens (including phenoxy) is 2. The summed E-state index contributed by atoms with van der Waals surface area (Å²) >= 11 is 0. The van der Waals surface area contributed by atoms with E-state index in [4.69, 9.17) is 9.47 Å². The summed E-state index contributed by atoms with van der Waals surface area (Å²) in [7, 11) is 1.67. The highest BCUT2D eigenvalue weighted by molar-refractivity contribution is 5.79. The number of guanidine groups is 1. The molecule has 2 aromatic rings. The number of hydrogen-bond donors (Lipinski definition) is 2. The van der Waals surface area contributed by atoms with Gasteiger partial charge in [-0.3, -0.25) is 0 Å². The third kappa shape index (κ3) is 6.31. The Balaban J connectivity index is 1.90. The Bertz CT molecular complexity index is 684. The third-order valence-corrected chi connectivity index (χ3v) is 3.88. The van der Waals surface area contributed by atoms with Crippen LogP contribution in [0, 0.1) is 0 Å². The topological polar surface area (TPSA) is 54.9 Å². The van der Waals surface area contributed by atoms with Gasteiger partial charge in [-0.25, -0.2) is 4.99 Å². The molecule has 0 aliphatic heterocycles. The van der Waals surface area contributed by atoms with Crippen LogP contribution < -0.4 is 20.1 Å². The number of nitrogens with one attached hydrogen (secondary N) is 2. The SMILES string of the molecule is CCNC(=NCc1ccc(OC)cc1)NCCc1ccccc1OCC. The molecule has 5 heteroatoms. The van der Waals surface area contributed by atoms with Crippen molar-refractivity contribution in [2.45, 2.75) is 26.8 Å². The van der Waals surface area contributed by atoms with Gasteiger partial charge in [0.25, 0.3) is 0 Å². The molecule has 2 aromatic carbocycles. The zero-order chi connectivity index (χ0) is 18.6. The predicted octanol–water partition coefficient (Wildman–Crippen LogP) is 3.39. The molecule has 0 bridgehead atoms. The van der Waals surface area contributed by atoms with Gasteiger partial charge in [0.15, 0.2) is 5.96 Å². The Kier molecular flexibility index (Phi) is 8.33. The molecule has 0 aliphatic rings. The summed E-state index contributed by atoms with van der Waals surface area (Å²) in [5.74, 6) is 2.63. The second-order valence-corrected chi connectivity index (χ2v) is 5.76. The molecular weight excluding hydrogens is 326 g/mol. The van der Waals surface area contributed by atoms with Crippen LogP contribution >= 0.6 is 0 Å². The zero-order valence-electron chi connectivity index (χ0n) is 15.9. The maximum absolute atomic E-state index is 5.68. The minimum absolute atomic E-state index is 0.620. The number of benzene rings is 2. The smallest absolute Gasteiger partial charge is 0.191 e. The van der Waals surface area contributed by atoms with Crippen molar-refractivity contribution in [3.05, 3.63) is 59.7 Å². The molecule has 2 N–H and O–H groups in total. The molecular formula is C21H29N3O2. The van der Waals surface area contributed by atoms with E-state index in [2.05, 4.69) is 28.6 Å². The minimum atomic E-state index is 0.620. The molecule has 0 aliphatic carbocycles. The van der Waals surface area contributed by atoms with Crippen molar-refractivity contribution in [3.63, 3.8) is 0 Å². The van der Waals surface area contributed by atoms with E-state index in [9.17, 15) is 0 Å². The fourth-order valence-electron chi connectivity index (χ4n) is 2.57. The van der Waals surface area contributed by atoms with Crippen molar-refractivity contribution >= 4 is 5.96 Å². The van der Waals surface area contributed by atoms with Gasteiger partial charge in [-0.15, -0.1) is 0 Å². The average molecular weight is 355 g/mol. The van der Waals surface area contributed by atoms with Crippen molar-refractivity contribution in [2.24, 2.45) is 4.99 Å². The summed E-state index contributed by atoms with van der Waals surface area (Å²) in [4.78, 5) is 4.65. The van der Waals surface area contributed by atoms with E-state index in [1.165, 1.54) is 5.56 Å². The molecule has 0 saturated carbocycles. The van der Waals surface area contributed by atoms with Gasteiger partial charge in [-0.05, 0) is 49.6 Å². The van der Waals surface area contributed by atoms with E-state index in [-0.39, 0.29) is 0 Å². The maximum Gasteiger partial charge on any atom is 0.191 e. The highest BCUT2D eigenvalue weighted by atomic mass is 16.5. The lowest BCUT2D eigenvalue weighted by Crippen LogP contribution is -2.38. The standard InChI is InChI=1S/C21H29N3O2/c1-4-22-21(24-16-17-10-12-19(25-3)13-11-17)23-15-14-18-8-6-7-9-20(18)26-5-2/h6-13H,4-5,14-16H2,1-3H3,(H2,22,23,24). The molecule has 0 heterocycles. The monoisotopic (exact) mass is 355 g/mol. The molecule has 0 saturated heterocycles. The van der Waals surface area contributed by atoms with E-state index in [1.807, 2.05) is 49.4 Å². The normalized spacial score (nSPS) is 11.1. The lowest BCUT2D eigenvalue weighted by Gasteiger charge is -2.13. The van der Waals surface area contributed by atoms with E-state index in [0.29, 0.717) is 13.2 Å². The van der Waals surface area contributed by atoms with Crippen LogP contribution in [0.2, 0.25) is 0 Å². The van der Waals surface area contributed by atoms with Crippen LogP contribution in [-0.4, -0.2) is 32.8 Å². The van der Waals surface area contributed by atoms with Crippen molar-refractivity contribution in [3.8, 4) is 11.5 Å². The van der Waals surface area contributed by atoms with Crippen LogP contribution in [-0.2, 0) is 13.0 Å². The molecule has 2 rings (SSSR count). The van der Waals surface area contributed by atoms with Crippen LogP contribution in [0.4, 0.5) is 0 Å². The lowest BCUT2D eigenvalue weighted by molar-refractivity contribution is 0.336. The van der Waals surface area contributed by atoms with Gasteiger partial charge in [0.2, 0.25) is 0 Å². The lowest BCUT2D eigenvalue weighted by atomic mass is 10.1. The third-order valence-electron chi connectivity index (χ3n) is 3.88. The molecule has 0 amide bonds. The Morgan fingerprint density at radius 3 is 2.46 bits per heavy atom. The number of hydrogen-bond acceptors (Lipinski definition) is 3. The minimum Gasteiger partial charge on any atom is -0.497 e. The Morgan fingerprint density at radius 1 is 1.00 bits per heavy atom. The molecule has 0 fully saturated rings. The first-order valence-electron chi connectivity index (χ1n) is 9.12. The fraction of sp³-hybridized carbons (Fsp3) is 0.381. The van der Waals surface area contributed by atoms with Crippen LogP contribution in [0.3, 0.4) is 0 Å². The Morgan fingerprint density at radius 2 is 1.77 bits per heavy atom. The Hall–Kier alpha value is -2.69. The molecule has 5 nitrogen and oxygen atoms in total. The van der Waals surface area contributed by atoms with Gasteiger partial charge in [0.05, 0.1) is 20.3 Å². The van der Waals surface area contributed by atoms with Crippen LogP contribution in [0.1, 0.15) is 25.0 Å². The summed E-state index contributed by atoms with van der Waals surface area (Å²) in [6.07, 6.45) is 0.878. The van der Waals surface area contributed by atoms with Crippen molar-refractivity contribution in [1.82, 2.24) is 10.6 Å². The first-order valence-corrected chi connectivity index (χ1v) is 9.12. The summed E-state index contributed by atoms with van der Waals surface area (Å²) in [6.45, 7) is 6.98. The van der Waals surface area contributed by atoms with Crippen molar-refractivity contribution in [2.75, 3.05) is 26.8 Å². The van der Waals surface area contributed by atoms with Gasteiger partial charge in [0.1, 0.15) is 11.5 Å². The number of aliphatic imine (C=N–C) groups is 1. The molecule has 0 aromatic heterocycles. The highest BCUT2D eigenvalue weighted by Gasteiger charge is 2.03. The first kappa shape index (κ1) is 19.6. The molecule has 0 radical (unpaired) electrons. The molecule has 0 atom stereocenters.